The van der Waals surface area contributed by atoms with Crippen molar-refractivity contribution in [2.75, 3.05) is 5.32 Å². The number of nitrogens with zero attached hydrogens (tertiary/aromatic N) is 2. The van der Waals surface area contributed by atoms with Crippen molar-refractivity contribution in [3.63, 3.8) is 0 Å². The lowest BCUT2D eigenvalue weighted by Crippen LogP contribution is -2.13. The van der Waals surface area contributed by atoms with Gasteiger partial charge in [0.15, 0.2) is 0 Å². The second kappa shape index (κ2) is 4.91. The molecule has 0 saturated carbocycles. The van der Waals surface area contributed by atoms with E-state index in [1.54, 1.807) is 11.3 Å². The minimum atomic E-state index is -0.0888. The molecule has 0 fully saturated rings. The molecule has 17 heavy (non-hydrogen) atoms. The highest BCUT2D eigenvalue weighted by molar-refractivity contribution is 7.18. The third-order valence-corrected chi connectivity index (χ3v) is 3.71. The van der Waals surface area contributed by atoms with Crippen LogP contribution in [0.3, 0.4) is 0 Å². The summed E-state index contributed by atoms with van der Waals surface area (Å²) in [4.78, 5) is 10.6. The summed E-state index contributed by atoms with van der Waals surface area (Å²) in [6.45, 7) is 4.01. The standard InChI is InChI=1S/C12H12ClN3S/c1-4-7(3)14-10-9-6-8(5-2)17-11(9)16-12(13)15-10/h1,6-7H,5H2,2-3H3,(H,14,15,16). The van der Waals surface area contributed by atoms with Crippen LogP contribution in [0, 0.1) is 12.3 Å². The quantitative estimate of drug-likeness (QED) is 0.683. The molecule has 0 bridgehead atoms. The summed E-state index contributed by atoms with van der Waals surface area (Å²) in [5.74, 6) is 3.32. The van der Waals surface area contributed by atoms with E-state index in [1.807, 2.05) is 6.92 Å². The summed E-state index contributed by atoms with van der Waals surface area (Å²) in [6, 6.07) is 2.00. The third-order valence-electron chi connectivity index (χ3n) is 2.37. The van der Waals surface area contributed by atoms with E-state index >= 15 is 0 Å². The Morgan fingerprint density at radius 3 is 3.00 bits per heavy atom. The number of fused-ring (bicyclic) bond motifs is 1. The van der Waals surface area contributed by atoms with Crippen LogP contribution in [0.2, 0.25) is 5.28 Å². The highest BCUT2D eigenvalue weighted by Crippen LogP contribution is 2.30. The number of thiophene rings is 1. The van der Waals surface area contributed by atoms with Crippen LogP contribution in [0.15, 0.2) is 6.07 Å². The molecule has 2 rings (SSSR count). The molecule has 1 unspecified atom stereocenters. The number of halogens is 1. The Labute approximate surface area is 109 Å². The lowest BCUT2D eigenvalue weighted by atomic mass is 10.3. The van der Waals surface area contributed by atoms with Gasteiger partial charge in [0.05, 0.1) is 11.4 Å². The van der Waals surface area contributed by atoms with Crippen LogP contribution in [-0.4, -0.2) is 16.0 Å². The first kappa shape index (κ1) is 12.2. The highest BCUT2D eigenvalue weighted by atomic mass is 35.5. The molecule has 0 saturated heterocycles. The minimum Gasteiger partial charge on any atom is -0.356 e. The summed E-state index contributed by atoms with van der Waals surface area (Å²) in [7, 11) is 0. The monoisotopic (exact) mass is 265 g/mol. The van der Waals surface area contributed by atoms with Crippen molar-refractivity contribution in [2.45, 2.75) is 26.3 Å². The van der Waals surface area contributed by atoms with Crippen LogP contribution in [0.25, 0.3) is 10.2 Å². The molecule has 0 amide bonds. The molecule has 1 atom stereocenters. The van der Waals surface area contributed by atoms with Gasteiger partial charge in [-0.1, -0.05) is 12.8 Å². The Bertz CT molecular complexity index is 585. The molecule has 0 aliphatic carbocycles. The Balaban J connectivity index is 2.53. The van der Waals surface area contributed by atoms with Gasteiger partial charge >= 0.3 is 0 Å². The molecule has 2 aromatic heterocycles. The molecule has 0 aliphatic heterocycles. The van der Waals surface area contributed by atoms with Gasteiger partial charge in [0, 0.05) is 4.88 Å². The SMILES string of the molecule is C#CC(C)Nc1nc(Cl)nc2sc(CC)cc12. The zero-order valence-electron chi connectivity index (χ0n) is 9.62. The number of rotatable bonds is 3. The van der Waals surface area contributed by atoms with E-state index in [0.717, 1.165) is 16.6 Å². The molecular weight excluding hydrogens is 254 g/mol. The number of nitrogens with one attached hydrogen (secondary N) is 1. The van der Waals surface area contributed by atoms with Gasteiger partial charge in [-0.3, -0.25) is 0 Å². The van der Waals surface area contributed by atoms with Gasteiger partial charge in [0.25, 0.3) is 0 Å². The molecule has 0 aliphatic rings. The fourth-order valence-electron chi connectivity index (χ4n) is 1.48. The largest absolute Gasteiger partial charge is 0.356 e. The van der Waals surface area contributed by atoms with E-state index in [0.29, 0.717) is 5.82 Å². The maximum atomic E-state index is 5.90. The molecule has 2 heterocycles. The smallest absolute Gasteiger partial charge is 0.225 e. The summed E-state index contributed by atoms with van der Waals surface area (Å²) in [5.41, 5.74) is 0. The van der Waals surface area contributed by atoms with Crippen molar-refractivity contribution in [3.05, 3.63) is 16.2 Å². The maximum Gasteiger partial charge on any atom is 0.225 e. The number of anilines is 1. The van der Waals surface area contributed by atoms with Crippen LogP contribution < -0.4 is 5.32 Å². The van der Waals surface area contributed by atoms with Crippen LogP contribution >= 0.6 is 22.9 Å². The van der Waals surface area contributed by atoms with Crippen molar-refractivity contribution in [2.24, 2.45) is 0 Å². The Morgan fingerprint density at radius 1 is 1.59 bits per heavy atom. The average molecular weight is 266 g/mol. The maximum absolute atomic E-state index is 5.90. The van der Waals surface area contributed by atoms with E-state index in [4.69, 9.17) is 18.0 Å². The van der Waals surface area contributed by atoms with E-state index in [1.165, 1.54) is 4.88 Å². The lowest BCUT2D eigenvalue weighted by molar-refractivity contribution is 1.01. The zero-order valence-corrected chi connectivity index (χ0v) is 11.2. The summed E-state index contributed by atoms with van der Waals surface area (Å²) < 4.78 is 0. The van der Waals surface area contributed by atoms with E-state index in [2.05, 4.69) is 34.2 Å². The number of terminal acetylenes is 1. The van der Waals surface area contributed by atoms with Crippen LogP contribution in [0.1, 0.15) is 18.7 Å². The third kappa shape index (κ3) is 2.51. The lowest BCUT2D eigenvalue weighted by Gasteiger charge is -2.09. The van der Waals surface area contributed by atoms with Gasteiger partial charge in [0.1, 0.15) is 10.6 Å². The summed E-state index contributed by atoms with van der Waals surface area (Å²) >= 11 is 7.53. The predicted molar refractivity (Wildman–Crippen MR) is 73.7 cm³/mol. The van der Waals surface area contributed by atoms with Gasteiger partial charge in [-0.15, -0.1) is 17.8 Å². The van der Waals surface area contributed by atoms with Crippen LogP contribution in [0.5, 0.6) is 0 Å². The van der Waals surface area contributed by atoms with E-state index in [-0.39, 0.29) is 11.3 Å². The summed E-state index contributed by atoms with van der Waals surface area (Å²) in [5, 5.41) is 4.38. The Hall–Kier alpha value is -1.31. The first-order valence-electron chi connectivity index (χ1n) is 5.32. The van der Waals surface area contributed by atoms with E-state index in [9.17, 15) is 0 Å². The minimum absolute atomic E-state index is 0.0888. The molecule has 1 N–H and O–H groups in total. The fourth-order valence-corrected chi connectivity index (χ4v) is 2.66. The molecular formula is C12H12ClN3S. The normalized spacial score (nSPS) is 12.4. The van der Waals surface area contributed by atoms with Crippen LogP contribution in [-0.2, 0) is 6.42 Å². The molecule has 88 valence electrons. The second-order valence-corrected chi connectivity index (χ2v) is 5.11. The fraction of sp³-hybridized carbons (Fsp3) is 0.333. The van der Waals surface area contributed by atoms with Crippen molar-refractivity contribution in [1.29, 1.82) is 0 Å². The number of aromatic nitrogens is 2. The first-order chi connectivity index (χ1) is 8.13. The van der Waals surface area contributed by atoms with Crippen molar-refractivity contribution in [1.82, 2.24) is 9.97 Å². The molecule has 0 radical (unpaired) electrons. The van der Waals surface area contributed by atoms with E-state index < -0.39 is 0 Å². The van der Waals surface area contributed by atoms with Gasteiger partial charge in [-0.2, -0.15) is 0 Å². The molecule has 5 heteroatoms. The number of aryl methyl sites for hydroxylation is 1. The Kier molecular flexibility index (Phi) is 3.51. The van der Waals surface area contributed by atoms with Gasteiger partial charge in [-0.05, 0) is 31.0 Å². The summed E-state index contributed by atoms with van der Waals surface area (Å²) in [6.07, 6.45) is 6.32. The highest BCUT2D eigenvalue weighted by Gasteiger charge is 2.11. The molecule has 3 nitrogen and oxygen atoms in total. The first-order valence-corrected chi connectivity index (χ1v) is 6.52. The predicted octanol–water partition coefficient (Wildman–Crippen LogP) is 3.34. The molecule has 0 spiro atoms. The number of hydrogen-bond donors (Lipinski definition) is 1. The molecule has 2 aromatic rings. The van der Waals surface area contributed by atoms with Crippen molar-refractivity contribution >= 4 is 39.0 Å². The van der Waals surface area contributed by atoms with Gasteiger partial charge in [-0.25, -0.2) is 9.97 Å². The van der Waals surface area contributed by atoms with Crippen LogP contribution in [0.4, 0.5) is 5.82 Å². The number of hydrogen-bond acceptors (Lipinski definition) is 4. The van der Waals surface area contributed by atoms with Crippen molar-refractivity contribution in [3.8, 4) is 12.3 Å². The van der Waals surface area contributed by atoms with Gasteiger partial charge in [0.2, 0.25) is 5.28 Å². The average Bonchev–Trinajstić information content (AvgIpc) is 2.71. The second-order valence-electron chi connectivity index (χ2n) is 3.66. The topological polar surface area (TPSA) is 37.8 Å². The van der Waals surface area contributed by atoms with Gasteiger partial charge < -0.3 is 5.32 Å². The van der Waals surface area contributed by atoms with Crippen molar-refractivity contribution < 1.29 is 0 Å². The molecule has 0 aromatic carbocycles. The zero-order chi connectivity index (χ0) is 12.4. The Morgan fingerprint density at radius 2 is 2.35 bits per heavy atom.